The molecule has 2 aromatic carbocycles. The summed E-state index contributed by atoms with van der Waals surface area (Å²) in [7, 11) is 0. The number of alkyl halides is 9. The Labute approximate surface area is 178 Å². The number of anilines is 2. The smallest absolute Gasteiger partial charge is 0.308 e. The average molecular weight is 482 g/mol. The summed E-state index contributed by atoms with van der Waals surface area (Å²) in [6, 6.07) is 6.74. The van der Waals surface area contributed by atoms with Crippen molar-refractivity contribution in [3.05, 3.63) is 71.5 Å². The fourth-order valence-electron chi connectivity index (χ4n) is 2.64. The zero-order valence-corrected chi connectivity index (χ0v) is 15.9. The van der Waals surface area contributed by atoms with Gasteiger partial charge in [0.1, 0.15) is 5.69 Å². The van der Waals surface area contributed by atoms with E-state index >= 15 is 0 Å². The number of rotatable bonds is 3. The van der Waals surface area contributed by atoms with Gasteiger partial charge in [-0.25, -0.2) is 9.48 Å². The predicted octanol–water partition coefficient (Wildman–Crippen LogP) is 6.57. The van der Waals surface area contributed by atoms with Crippen LogP contribution in [0, 0.1) is 0 Å². The Morgan fingerprint density at radius 2 is 1.18 bits per heavy atom. The molecule has 1 heterocycles. The summed E-state index contributed by atoms with van der Waals surface area (Å²) in [6.07, 6.45) is -14.8. The van der Waals surface area contributed by atoms with Crippen LogP contribution in [0.3, 0.4) is 0 Å². The molecule has 0 saturated heterocycles. The van der Waals surface area contributed by atoms with Crippen LogP contribution in [-0.2, 0) is 18.5 Å². The van der Waals surface area contributed by atoms with Gasteiger partial charge in [0, 0.05) is 17.4 Å². The van der Waals surface area contributed by atoms with E-state index in [9.17, 15) is 44.3 Å². The maximum absolute atomic E-state index is 13.1. The van der Waals surface area contributed by atoms with E-state index in [1.165, 1.54) is 0 Å². The molecule has 176 valence electrons. The normalized spacial score (nSPS) is 12.5. The largest absolute Gasteiger partial charge is 0.435 e. The second kappa shape index (κ2) is 8.33. The van der Waals surface area contributed by atoms with E-state index in [4.69, 9.17) is 0 Å². The van der Waals surface area contributed by atoms with Gasteiger partial charge in [-0.15, -0.1) is 0 Å². The maximum Gasteiger partial charge on any atom is 0.435 e. The highest BCUT2D eigenvalue weighted by molar-refractivity contribution is 5.99. The third kappa shape index (κ3) is 5.75. The van der Waals surface area contributed by atoms with Gasteiger partial charge in [-0.2, -0.15) is 44.6 Å². The van der Waals surface area contributed by atoms with E-state index in [2.05, 4.69) is 15.7 Å². The lowest BCUT2D eigenvalue weighted by molar-refractivity contribution is -0.143. The van der Waals surface area contributed by atoms with Crippen LogP contribution >= 0.6 is 0 Å². The Morgan fingerprint density at radius 3 is 1.61 bits per heavy atom. The molecule has 5 nitrogen and oxygen atoms in total. The summed E-state index contributed by atoms with van der Waals surface area (Å²) in [5.74, 6) is 0. The number of benzene rings is 2. The Bertz CT molecular complexity index is 1130. The number of carbonyl (C=O) groups excluding carboxylic acids is 1. The van der Waals surface area contributed by atoms with Crippen molar-refractivity contribution in [2.24, 2.45) is 0 Å². The third-order valence-corrected chi connectivity index (χ3v) is 4.13. The van der Waals surface area contributed by atoms with Gasteiger partial charge in [0.25, 0.3) is 0 Å². The highest BCUT2D eigenvalue weighted by Gasteiger charge is 2.42. The lowest BCUT2D eigenvalue weighted by Crippen LogP contribution is -2.19. The van der Waals surface area contributed by atoms with Crippen molar-refractivity contribution in [3.8, 4) is 5.69 Å². The van der Waals surface area contributed by atoms with Gasteiger partial charge < -0.3 is 10.6 Å². The monoisotopic (exact) mass is 482 g/mol. The Morgan fingerprint density at radius 1 is 0.697 bits per heavy atom. The van der Waals surface area contributed by atoms with Crippen molar-refractivity contribution in [1.82, 2.24) is 9.78 Å². The van der Waals surface area contributed by atoms with E-state index in [0.29, 0.717) is 0 Å². The topological polar surface area (TPSA) is 59.0 Å². The van der Waals surface area contributed by atoms with Crippen molar-refractivity contribution in [1.29, 1.82) is 0 Å². The number of hydrogen-bond acceptors (Lipinski definition) is 2. The average Bonchev–Trinajstić information content (AvgIpc) is 3.15. The molecule has 0 unspecified atom stereocenters. The number of aromatic nitrogens is 2. The minimum Gasteiger partial charge on any atom is -0.308 e. The SMILES string of the molecule is O=C(Nc1ccc(-n2nc(C(F)(F)F)cc2C(F)(F)F)cc1)Nc1ccc(C(F)(F)F)cc1. The standard InChI is InChI=1S/C19H11F9N4O/c20-17(21,22)10-1-3-11(4-2-10)29-16(33)30-12-5-7-13(8-6-12)32-15(19(26,27)28)9-14(31-32)18(23,24)25/h1-9H,(H2,29,30,33). The molecule has 3 aromatic rings. The van der Waals surface area contributed by atoms with Crippen LogP contribution in [0.15, 0.2) is 54.6 Å². The van der Waals surface area contributed by atoms with E-state index in [-0.39, 0.29) is 27.8 Å². The molecule has 2 N–H and O–H groups in total. The van der Waals surface area contributed by atoms with Crippen molar-refractivity contribution < 1.29 is 44.3 Å². The predicted molar refractivity (Wildman–Crippen MR) is 97.7 cm³/mol. The number of hydrogen-bond donors (Lipinski definition) is 2. The van der Waals surface area contributed by atoms with Crippen LogP contribution in [0.1, 0.15) is 17.0 Å². The fourth-order valence-corrected chi connectivity index (χ4v) is 2.64. The zero-order valence-electron chi connectivity index (χ0n) is 15.9. The zero-order chi connectivity index (χ0) is 24.6. The quantitative estimate of drug-likeness (QED) is 0.415. The number of nitrogens with zero attached hydrogens (tertiary/aromatic N) is 2. The van der Waals surface area contributed by atoms with Gasteiger partial charge in [-0.3, -0.25) is 0 Å². The van der Waals surface area contributed by atoms with Gasteiger partial charge >= 0.3 is 24.6 Å². The summed E-state index contributed by atoms with van der Waals surface area (Å²) >= 11 is 0. The van der Waals surface area contributed by atoms with Crippen molar-refractivity contribution >= 4 is 17.4 Å². The Hall–Kier alpha value is -3.71. The molecule has 0 aliphatic carbocycles. The third-order valence-electron chi connectivity index (χ3n) is 4.13. The van der Waals surface area contributed by atoms with Gasteiger partial charge in [0.05, 0.1) is 11.3 Å². The summed E-state index contributed by atoms with van der Waals surface area (Å²) in [6.45, 7) is 0. The summed E-state index contributed by atoms with van der Waals surface area (Å²) in [5, 5.41) is 7.52. The molecule has 33 heavy (non-hydrogen) atoms. The lowest BCUT2D eigenvalue weighted by atomic mass is 10.2. The lowest BCUT2D eigenvalue weighted by Gasteiger charge is -2.12. The summed E-state index contributed by atoms with van der Waals surface area (Å²) < 4.78 is 116. The first-order chi connectivity index (χ1) is 15.1. The van der Waals surface area contributed by atoms with Gasteiger partial charge in [-0.05, 0) is 48.5 Å². The summed E-state index contributed by atoms with van der Waals surface area (Å²) in [5.41, 5.74) is -4.58. The minimum atomic E-state index is -5.12. The second-order valence-electron chi connectivity index (χ2n) is 6.52. The molecule has 0 fully saturated rings. The molecule has 0 spiro atoms. The Balaban J connectivity index is 1.74. The van der Waals surface area contributed by atoms with Crippen molar-refractivity contribution in [2.45, 2.75) is 18.5 Å². The molecular formula is C19H11F9N4O. The number of amides is 2. The van der Waals surface area contributed by atoms with Gasteiger partial charge in [0.2, 0.25) is 0 Å². The van der Waals surface area contributed by atoms with Crippen LogP contribution in [0.25, 0.3) is 5.69 Å². The maximum atomic E-state index is 13.1. The molecule has 0 atom stereocenters. The Kier molecular flexibility index (Phi) is 6.04. The van der Waals surface area contributed by atoms with E-state index in [1.807, 2.05) is 0 Å². The van der Waals surface area contributed by atoms with E-state index in [1.54, 1.807) is 0 Å². The van der Waals surface area contributed by atoms with Crippen molar-refractivity contribution in [3.63, 3.8) is 0 Å². The van der Waals surface area contributed by atoms with Gasteiger partial charge in [-0.1, -0.05) is 0 Å². The molecule has 0 bridgehead atoms. The number of nitrogens with one attached hydrogen (secondary N) is 2. The first-order valence-corrected chi connectivity index (χ1v) is 8.75. The molecule has 14 heteroatoms. The second-order valence-corrected chi connectivity index (χ2v) is 6.52. The highest BCUT2D eigenvalue weighted by Crippen LogP contribution is 2.36. The van der Waals surface area contributed by atoms with Crippen LogP contribution in [0.2, 0.25) is 0 Å². The molecule has 0 aliphatic rings. The van der Waals surface area contributed by atoms with Crippen LogP contribution in [0.5, 0.6) is 0 Å². The van der Waals surface area contributed by atoms with Crippen LogP contribution in [0.4, 0.5) is 55.7 Å². The number of carbonyl (C=O) groups is 1. The van der Waals surface area contributed by atoms with Crippen LogP contribution in [-0.4, -0.2) is 15.8 Å². The highest BCUT2D eigenvalue weighted by atomic mass is 19.4. The fraction of sp³-hybridized carbons (Fsp3) is 0.158. The van der Waals surface area contributed by atoms with Crippen LogP contribution < -0.4 is 10.6 Å². The van der Waals surface area contributed by atoms with E-state index in [0.717, 1.165) is 48.5 Å². The molecule has 2 amide bonds. The van der Waals surface area contributed by atoms with Gasteiger partial charge in [0.15, 0.2) is 5.69 Å². The number of halogens is 9. The first-order valence-electron chi connectivity index (χ1n) is 8.75. The molecular weight excluding hydrogens is 471 g/mol. The molecule has 0 radical (unpaired) electrons. The molecule has 0 aliphatic heterocycles. The molecule has 1 aromatic heterocycles. The molecule has 0 saturated carbocycles. The first kappa shape index (κ1) is 23.9. The molecule has 3 rings (SSSR count). The minimum absolute atomic E-state index is 0.0307. The summed E-state index contributed by atoms with van der Waals surface area (Å²) in [4.78, 5) is 12.0. The van der Waals surface area contributed by atoms with Crippen molar-refractivity contribution in [2.75, 3.05) is 10.6 Å². The number of urea groups is 1. The van der Waals surface area contributed by atoms with E-state index < -0.39 is 41.5 Å².